The minimum Gasteiger partial charge on any atom is -0.0843 e. The standard InChI is InChI=1S/C19H20BrCl/c1-11-7-17-15-9-18(20)16-8-12(21)3-4-13(16)14(15)5-6-19(17,2)10-11/h3-4,8-9,11,17H,5-7,10H2,1-2H3/t11-,17+,19-/m0/s1. The van der Waals surface area contributed by atoms with Crippen molar-refractivity contribution in [1.82, 2.24) is 0 Å². The van der Waals surface area contributed by atoms with Crippen molar-refractivity contribution in [1.29, 1.82) is 0 Å². The van der Waals surface area contributed by atoms with E-state index in [-0.39, 0.29) is 0 Å². The lowest BCUT2D eigenvalue weighted by molar-refractivity contribution is 0.248. The van der Waals surface area contributed by atoms with Gasteiger partial charge in [0, 0.05) is 9.50 Å². The molecule has 0 spiro atoms. The Morgan fingerprint density at radius 3 is 2.86 bits per heavy atom. The van der Waals surface area contributed by atoms with Crippen LogP contribution >= 0.6 is 27.5 Å². The number of hydrogen-bond donors (Lipinski definition) is 0. The summed E-state index contributed by atoms with van der Waals surface area (Å²) in [6.07, 6.45) is 5.26. The SMILES string of the molecule is C[C@H]1C[C@@H]2c3cc(Br)c4cc(Cl)ccc4c3CC[C@@]2(C)C1. The van der Waals surface area contributed by atoms with Gasteiger partial charge in [-0.1, -0.05) is 47.4 Å². The van der Waals surface area contributed by atoms with Gasteiger partial charge in [-0.3, -0.25) is 0 Å². The molecule has 1 fully saturated rings. The average Bonchev–Trinajstić information content (AvgIpc) is 2.74. The monoisotopic (exact) mass is 362 g/mol. The predicted octanol–water partition coefficient (Wildman–Crippen LogP) is 6.72. The summed E-state index contributed by atoms with van der Waals surface area (Å²) in [7, 11) is 0. The van der Waals surface area contributed by atoms with Gasteiger partial charge in [0.2, 0.25) is 0 Å². The van der Waals surface area contributed by atoms with E-state index in [2.05, 4.69) is 48.0 Å². The van der Waals surface area contributed by atoms with Gasteiger partial charge in [0.1, 0.15) is 0 Å². The van der Waals surface area contributed by atoms with Crippen molar-refractivity contribution < 1.29 is 0 Å². The molecule has 2 aliphatic carbocycles. The van der Waals surface area contributed by atoms with Crippen molar-refractivity contribution in [2.75, 3.05) is 0 Å². The molecule has 4 rings (SSSR count). The van der Waals surface area contributed by atoms with E-state index in [1.807, 2.05) is 6.07 Å². The molecule has 0 nitrogen and oxygen atoms in total. The fourth-order valence-electron chi connectivity index (χ4n) is 4.92. The van der Waals surface area contributed by atoms with E-state index in [1.165, 1.54) is 40.9 Å². The Morgan fingerprint density at radius 1 is 1.24 bits per heavy atom. The summed E-state index contributed by atoms with van der Waals surface area (Å²) in [5.41, 5.74) is 3.67. The predicted molar refractivity (Wildman–Crippen MR) is 94.2 cm³/mol. The van der Waals surface area contributed by atoms with Gasteiger partial charge < -0.3 is 0 Å². The molecule has 0 bridgehead atoms. The second-order valence-electron chi connectivity index (χ2n) is 7.37. The normalized spacial score (nSPS) is 31.2. The van der Waals surface area contributed by atoms with Crippen molar-refractivity contribution in [3.8, 4) is 0 Å². The van der Waals surface area contributed by atoms with E-state index in [0.717, 1.165) is 16.9 Å². The van der Waals surface area contributed by atoms with Crippen molar-refractivity contribution in [3.63, 3.8) is 0 Å². The Hall–Kier alpha value is -0.530. The number of hydrogen-bond acceptors (Lipinski definition) is 0. The highest BCUT2D eigenvalue weighted by molar-refractivity contribution is 9.10. The molecule has 0 radical (unpaired) electrons. The van der Waals surface area contributed by atoms with Crippen LogP contribution in [-0.4, -0.2) is 0 Å². The van der Waals surface area contributed by atoms with E-state index in [1.54, 1.807) is 11.1 Å². The summed E-state index contributed by atoms with van der Waals surface area (Å²) in [5, 5.41) is 3.47. The zero-order valence-electron chi connectivity index (χ0n) is 12.5. The van der Waals surface area contributed by atoms with Crippen molar-refractivity contribution in [3.05, 3.63) is 44.9 Å². The number of fused-ring (bicyclic) bond motifs is 5. The van der Waals surface area contributed by atoms with Crippen LogP contribution in [0.2, 0.25) is 5.02 Å². The highest BCUT2D eigenvalue weighted by Crippen LogP contribution is 2.58. The number of rotatable bonds is 0. The molecule has 0 amide bonds. The number of benzene rings is 2. The van der Waals surface area contributed by atoms with Crippen LogP contribution in [0.5, 0.6) is 0 Å². The van der Waals surface area contributed by atoms with Gasteiger partial charge >= 0.3 is 0 Å². The molecule has 2 aliphatic rings. The molecule has 2 heteroatoms. The quantitative estimate of drug-likeness (QED) is 0.487. The van der Waals surface area contributed by atoms with E-state index in [9.17, 15) is 0 Å². The molecule has 0 heterocycles. The summed E-state index contributed by atoms with van der Waals surface area (Å²) >= 11 is 9.96. The first-order valence-electron chi connectivity index (χ1n) is 7.88. The summed E-state index contributed by atoms with van der Waals surface area (Å²) in [6.45, 7) is 4.92. The maximum Gasteiger partial charge on any atom is 0.0412 e. The second-order valence-corrected chi connectivity index (χ2v) is 8.66. The smallest absolute Gasteiger partial charge is 0.0412 e. The van der Waals surface area contributed by atoms with Gasteiger partial charge in [0.05, 0.1) is 0 Å². The molecule has 0 aromatic heterocycles. The maximum atomic E-state index is 6.18. The van der Waals surface area contributed by atoms with Gasteiger partial charge in [-0.15, -0.1) is 0 Å². The van der Waals surface area contributed by atoms with Gasteiger partial charge in [-0.25, -0.2) is 0 Å². The van der Waals surface area contributed by atoms with E-state index < -0.39 is 0 Å². The first-order chi connectivity index (χ1) is 9.98. The Morgan fingerprint density at radius 2 is 2.05 bits per heavy atom. The third-order valence-electron chi connectivity index (χ3n) is 5.81. The minimum absolute atomic E-state index is 0.506. The van der Waals surface area contributed by atoms with Gasteiger partial charge in [-0.05, 0) is 83.0 Å². The third kappa shape index (κ3) is 2.08. The highest BCUT2D eigenvalue weighted by Gasteiger charge is 2.46. The molecule has 2 aromatic carbocycles. The lowest BCUT2D eigenvalue weighted by atomic mass is 9.66. The zero-order valence-corrected chi connectivity index (χ0v) is 14.9. The van der Waals surface area contributed by atoms with E-state index in [4.69, 9.17) is 11.6 Å². The number of halogens is 2. The van der Waals surface area contributed by atoms with Crippen LogP contribution in [0, 0.1) is 11.3 Å². The number of aryl methyl sites for hydroxylation is 1. The second kappa shape index (κ2) is 4.73. The topological polar surface area (TPSA) is 0 Å². The molecule has 0 unspecified atom stereocenters. The summed E-state index contributed by atoms with van der Waals surface area (Å²) < 4.78 is 1.20. The van der Waals surface area contributed by atoms with Crippen LogP contribution in [0.3, 0.4) is 0 Å². The Balaban J connectivity index is 1.97. The molecule has 110 valence electrons. The van der Waals surface area contributed by atoms with Gasteiger partial charge in [0.25, 0.3) is 0 Å². The molecule has 3 atom stereocenters. The van der Waals surface area contributed by atoms with Gasteiger partial charge in [-0.2, -0.15) is 0 Å². The lowest BCUT2D eigenvalue weighted by Crippen LogP contribution is -2.26. The van der Waals surface area contributed by atoms with Crippen LogP contribution in [0.25, 0.3) is 10.8 Å². The molecule has 0 saturated heterocycles. The first kappa shape index (κ1) is 14.1. The maximum absolute atomic E-state index is 6.18. The largest absolute Gasteiger partial charge is 0.0843 e. The zero-order chi connectivity index (χ0) is 14.8. The van der Waals surface area contributed by atoms with E-state index >= 15 is 0 Å². The van der Waals surface area contributed by atoms with Crippen LogP contribution in [0.4, 0.5) is 0 Å². The molecular weight excluding hydrogens is 344 g/mol. The highest BCUT2D eigenvalue weighted by atomic mass is 79.9. The molecule has 0 N–H and O–H groups in total. The summed E-state index contributed by atoms with van der Waals surface area (Å²) in [4.78, 5) is 0. The molecular formula is C19H20BrCl. The van der Waals surface area contributed by atoms with Crippen LogP contribution in [0.15, 0.2) is 28.7 Å². The Bertz CT molecular complexity index is 736. The first-order valence-corrected chi connectivity index (χ1v) is 9.05. The van der Waals surface area contributed by atoms with Gasteiger partial charge in [0.15, 0.2) is 0 Å². The Kier molecular flexibility index (Phi) is 3.17. The van der Waals surface area contributed by atoms with Crippen LogP contribution < -0.4 is 0 Å². The molecule has 0 aliphatic heterocycles. The van der Waals surface area contributed by atoms with Crippen molar-refractivity contribution in [2.24, 2.45) is 11.3 Å². The van der Waals surface area contributed by atoms with Crippen LogP contribution in [0.1, 0.15) is 50.2 Å². The lowest BCUT2D eigenvalue weighted by Gasteiger charge is -2.38. The fraction of sp³-hybridized carbons (Fsp3) is 0.474. The van der Waals surface area contributed by atoms with Crippen molar-refractivity contribution >= 4 is 38.3 Å². The third-order valence-corrected chi connectivity index (χ3v) is 6.70. The fourth-order valence-corrected chi connectivity index (χ4v) is 5.67. The summed E-state index contributed by atoms with van der Waals surface area (Å²) in [5.74, 6) is 1.58. The van der Waals surface area contributed by atoms with E-state index in [0.29, 0.717) is 5.41 Å². The summed E-state index contributed by atoms with van der Waals surface area (Å²) in [6, 6.07) is 8.71. The molecule has 21 heavy (non-hydrogen) atoms. The molecule has 2 aromatic rings. The van der Waals surface area contributed by atoms with Crippen LogP contribution in [-0.2, 0) is 6.42 Å². The van der Waals surface area contributed by atoms with Crippen molar-refractivity contribution in [2.45, 2.75) is 45.4 Å². The molecule has 1 saturated carbocycles. The minimum atomic E-state index is 0.506. The Labute approximate surface area is 140 Å². The average molecular weight is 364 g/mol.